The number of alkyl halides is 1. The van der Waals surface area contributed by atoms with E-state index >= 15 is 0 Å². The Bertz CT molecular complexity index is 868. The summed E-state index contributed by atoms with van der Waals surface area (Å²) in [4.78, 5) is 17.8. The summed E-state index contributed by atoms with van der Waals surface area (Å²) in [6.45, 7) is 1.94. The minimum atomic E-state index is -0.735. The molecule has 0 aliphatic carbocycles. The molecular weight excluding hydrogens is 320 g/mol. The predicted molar refractivity (Wildman–Crippen MR) is 78.0 cm³/mol. The molecule has 0 aliphatic heterocycles. The number of halogens is 3. The Kier molecular flexibility index (Phi) is 3.54. The zero-order valence-electron chi connectivity index (χ0n) is 10.9. The van der Waals surface area contributed by atoms with Gasteiger partial charge < -0.3 is 9.55 Å². The summed E-state index contributed by atoms with van der Waals surface area (Å²) >= 11 is 7.10. The van der Waals surface area contributed by atoms with Crippen LogP contribution in [0.5, 0.6) is 0 Å². The molecule has 4 nitrogen and oxygen atoms in total. The highest BCUT2D eigenvalue weighted by Gasteiger charge is 2.19. The first-order chi connectivity index (χ1) is 9.95. The highest BCUT2D eigenvalue weighted by Crippen LogP contribution is 2.27. The van der Waals surface area contributed by atoms with Crippen molar-refractivity contribution < 1.29 is 8.78 Å². The monoisotopic (exact) mass is 329 g/mol. The van der Waals surface area contributed by atoms with Gasteiger partial charge in [0.05, 0.1) is 17.4 Å². The van der Waals surface area contributed by atoms with Crippen molar-refractivity contribution in [2.45, 2.75) is 18.8 Å². The number of rotatable bonds is 3. The highest BCUT2D eigenvalue weighted by molar-refractivity contribution is 7.07. The lowest BCUT2D eigenvalue weighted by Gasteiger charge is -2.09. The van der Waals surface area contributed by atoms with Crippen LogP contribution in [0.1, 0.15) is 23.8 Å². The van der Waals surface area contributed by atoms with E-state index < -0.39 is 17.0 Å². The van der Waals surface area contributed by atoms with E-state index in [0.717, 1.165) is 17.4 Å². The lowest BCUT2D eigenvalue weighted by atomic mass is 10.3. The van der Waals surface area contributed by atoms with Crippen LogP contribution >= 0.6 is 22.9 Å². The van der Waals surface area contributed by atoms with Gasteiger partial charge >= 0.3 is 4.87 Å². The summed E-state index contributed by atoms with van der Waals surface area (Å²) in [5.41, 5.74) is 1.01. The molecule has 21 heavy (non-hydrogen) atoms. The minimum Gasteiger partial charge on any atom is -0.321 e. The Morgan fingerprint density at radius 3 is 2.86 bits per heavy atom. The molecule has 2 aromatic heterocycles. The molecule has 1 N–H and O–H groups in total. The molecule has 0 saturated heterocycles. The van der Waals surface area contributed by atoms with Gasteiger partial charge in [0, 0.05) is 17.1 Å². The van der Waals surface area contributed by atoms with Gasteiger partial charge in [-0.25, -0.2) is 13.8 Å². The summed E-state index contributed by atoms with van der Waals surface area (Å²) in [5, 5.41) is 1.18. The third kappa shape index (κ3) is 2.58. The molecular formula is C13H10ClF2N3OS. The Morgan fingerprint density at radius 2 is 2.24 bits per heavy atom. The van der Waals surface area contributed by atoms with Gasteiger partial charge in [0.2, 0.25) is 0 Å². The first-order valence-electron chi connectivity index (χ1n) is 6.11. The number of aromatic nitrogens is 3. The number of benzene rings is 1. The van der Waals surface area contributed by atoms with Crippen LogP contribution in [0, 0.1) is 11.6 Å². The summed E-state index contributed by atoms with van der Waals surface area (Å²) in [6, 6.07) is 1.99. The number of imidazole rings is 1. The second-order valence-electron chi connectivity index (χ2n) is 4.60. The number of hydrogen-bond acceptors (Lipinski definition) is 3. The minimum absolute atomic E-state index is 0.0662. The number of nitrogens with zero attached hydrogens (tertiary/aromatic N) is 2. The second-order valence-corrected chi connectivity index (χ2v) is 6.10. The largest absolute Gasteiger partial charge is 0.321 e. The van der Waals surface area contributed by atoms with Gasteiger partial charge in [-0.05, 0) is 13.0 Å². The summed E-state index contributed by atoms with van der Waals surface area (Å²) in [7, 11) is 0. The van der Waals surface area contributed by atoms with Crippen LogP contribution in [0.3, 0.4) is 0 Å². The predicted octanol–water partition coefficient (Wildman–Crippen LogP) is 3.41. The van der Waals surface area contributed by atoms with Gasteiger partial charge in [0.15, 0.2) is 5.82 Å². The maximum absolute atomic E-state index is 13.8. The third-order valence-electron chi connectivity index (χ3n) is 3.06. The molecule has 0 spiro atoms. The van der Waals surface area contributed by atoms with Gasteiger partial charge in [-0.1, -0.05) is 11.3 Å². The molecule has 0 bridgehead atoms. The molecule has 1 unspecified atom stereocenters. The van der Waals surface area contributed by atoms with E-state index in [4.69, 9.17) is 11.6 Å². The Balaban J connectivity index is 2.22. The van der Waals surface area contributed by atoms with Gasteiger partial charge in [-0.15, -0.1) is 11.6 Å². The number of thiazole rings is 1. The fraction of sp³-hybridized carbons (Fsp3) is 0.231. The first kappa shape index (κ1) is 14.2. The van der Waals surface area contributed by atoms with Crippen molar-refractivity contribution in [3.05, 3.63) is 50.3 Å². The summed E-state index contributed by atoms with van der Waals surface area (Å²) in [5.74, 6) is -1.00. The third-order valence-corrected chi connectivity index (χ3v) is 3.97. The van der Waals surface area contributed by atoms with E-state index in [-0.39, 0.29) is 16.9 Å². The Labute approximate surface area is 127 Å². The van der Waals surface area contributed by atoms with Gasteiger partial charge in [-0.2, -0.15) is 0 Å². The lowest BCUT2D eigenvalue weighted by molar-refractivity contribution is 0.590. The maximum Gasteiger partial charge on any atom is 0.304 e. The fourth-order valence-electron chi connectivity index (χ4n) is 2.20. The number of aromatic amines is 1. The van der Waals surface area contributed by atoms with Crippen molar-refractivity contribution in [1.29, 1.82) is 0 Å². The van der Waals surface area contributed by atoms with Crippen LogP contribution in [-0.4, -0.2) is 14.5 Å². The van der Waals surface area contributed by atoms with Crippen LogP contribution in [-0.2, 0) is 6.54 Å². The number of hydrogen-bond donors (Lipinski definition) is 1. The lowest BCUT2D eigenvalue weighted by Crippen LogP contribution is -2.07. The number of fused-ring (bicyclic) bond motifs is 1. The van der Waals surface area contributed by atoms with E-state index in [1.54, 1.807) is 16.9 Å². The smallest absolute Gasteiger partial charge is 0.304 e. The number of H-pyrrole nitrogens is 1. The van der Waals surface area contributed by atoms with Crippen molar-refractivity contribution >= 4 is 34.0 Å². The Morgan fingerprint density at radius 1 is 1.48 bits per heavy atom. The highest BCUT2D eigenvalue weighted by atomic mass is 35.5. The zero-order chi connectivity index (χ0) is 15.1. The number of nitrogens with one attached hydrogen (secondary N) is 1. The molecule has 0 radical (unpaired) electrons. The van der Waals surface area contributed by atoms with Crippen molar-refractivity contribution in [3.8, 4) is 0 Å². The molecule has 8 heteroatoms. The molecule has 3 aromatic rings. The molecule has 2 heterocycles. The molecule has 0 saturated carbocycles. The van der Waals surface area contributed by atoms with E-state index in [0.29, 0.717) is 17.0 Å². The van der Waals surface area contributed by atoms with Crippen molar-refractivity contribution in [3.63, 3.8) is 0 Å². The normalized spacial score (nSPS) is 13.0. The molecule has 0 fully saturated rings. The van der Waals surface area contributed by atoms with Crippen LogP contribution < -0.4 is 4.87 Å². The average molecular weight is 330 g/mol. The summed E-state index contributed by atoms with van der Waals surface area (Å²) in [6.07, 6.45) is 0. The zero-order valence-corrected chi connectivity index (χ0v) is 12.4. The van der Waals surface area contributed by atoms with Crippen molar-refractivity contribution in [1.82, 2.24) is 14.5 Å². The standard InChI is InChI=1S/C13H10ClF2N3OS/c1-6(14)12-18-11-9(16)2-7(15)3-10(11)19(12)4-8-5-21-13(20)17-8/h2-3,5-6H,4H2,1H3,(H,17,20). The maximum atomic E-state index is 13.8. The van der Waals surface area contributed by atoms with Gasteiger partial charge in [-0.3, -0.25) is 4.79 Å². The molecule has 1 atom stereocenters. The quantitative estimate of drug-likeness (QED) is 0.749. The van der Waals surface area contributed by atoms with Crippen LogP contribution in [0.15, 0.2) is 22.3 Å². The van der Waals surface area contributed by atoms with Gasteiger partial charge in [0.25, 0.3) is 0 Å². The first-order valence-corrected chi connectivity index (χ1v) is 7.43. The topological polar surface area (TPSA) is 50.7 Å². The summed E-state index contributed by atoms with van der Waals surface area (Å²) < 4.78 is 28.9. The van der Waals surface area contributed by atoms with E-state index in [1.807, 2.05) is 0 Å². The van der Waals surface area contributed by atoms with E-state index in [1.165, 1.54) is 6.07 Å². The second kappa shape index (κ2) is 5.23. The van der Waals surface area contributed by atoms with E-state index in [9.17, 15) is 13.6 Å². The molecule has 3 rings (SSSR count). The molecule has 0 amide bonds. The van der Waals surface area contributed by atoms with E-state index in [2.05, 4.69) is 9.97 Å². The SMILES string of the molecule is CC(Cl)c1nc2c(F)cc(F)cc2n1Cc1csc(=O)[nH]1. The van der Waals surface area contributed by atoms with Crippen LogP contribution in [0.2, 0.25) is 0 Å². The van der Waals surface area contributed by atoms with Crippen LogP contribution in [0.4, 0.5) is 8.78 Å². The fourth-order valence-corrected chi connectivity index (χ4v) is 2.94. The molecule has 110 valence electrons. The average Bonchev–Trinajstić information content (AvgIpc) is 2.95. The molecule has 0 aliphatic rings. The van der Waals surface area contributed by atoms with Crippen LogP contribution in [0.25, 0.3) is 11.0 Å². The Hall–Kier alpha value is -1.73. The van der Waals surface area contributed by atoms with Gasteiger partial charge in [0.1, 0.15) is 17.2 Å². The van der Waals surface area contributed by atoms with Crippen molar-refractivity contribution in [2.24, 2.45) is 0 Å². The molecule has 1 aromatic carbocycles. The van der Waals surface area contributed by atoms with Crippen molar-refractivity contribution in [2.75, 3.05) is 0 Å².